The van der Waals surface area contributed by atoms with Gasteiger partial charge in [-0.25, -0.2) is 4.39 Å². The Morgan fingerprint density at radius 1 is 1.11 bits per heavy atom. The van der Waals surface area contributed by atoms with Gasteiger partial charge in [0.2, 0.25) is 0 Å². The van der Waals surface area contributed by atoms with Crippen LogP contribution in [0.1, 0.15) is 54.5 Å². The average molecular weight is 599 g/mol. The highest BCUT2D eigenvalue weighted by atomic mass is 19.4. The maximum Gasteiger partial charge on any atom is 0.418 e. The Kier molecular flexibility index (Phi) is 7.59. The number of benzene rings is 3. The maximum absolute atomic E-state index is 14.6. The highest BCUT2D eigenvalue weighted by molar-refractivity contribution is 6.19. The van der Waals surface area contributed by atoms with E-state index in [1.165, 1.54) is 18.3 Å². The lowest BCUT2D eigenvalue weighted by Crippen LogP contribution is -2.45. The van der Waals surface area contributed by atoms with Crippen molar-refractivity contribution in [3.05, 3.63) is 113 Å². The van der Waals surface area contributed by atoms with Crippen LogP contribution in [-0.4, -0.2) is 23.9 Å². The van der Waals surface area contributed by atoms with Crippen molar-refractivity contribution in [2.45, 2.75) is 49.9 Å². The largest absolute Gasteiger partial charge is 0.418 e. The van der Waals surface area contributed by atoms with Gasteiger partial charge in [-0.05, 0) is 54.7 Å². The fourth-order valence-corrected chi connectivity index (χ4v) is 5.61. The fraction of sp³-hybridized carbons (Fsp3) is 0.250. The predicted octanol–water partition coefficient (Wildman–Crippen LogP) is 6.05. The fourth-order valence-electron chi connectivity index (χ4n) is 5.61. The standard InChI is InChI=1S/C32H30BF4N7/c1-2-27(19-6-4-3-5-7-19)40-29-20(16-38)17-39-30-25(29)14-23(15-26(30)32(35,36)37)41-31(33,21-8-10-22(34)11-9-21)28-18-44(43-42-28)24-12-13-24/h3-11,14-15,17-18,24,27,41-43H,2,12-13,33H2,1H3,(H,39,40)/t27-,31?/m1/s1. The highest BCUT2D eigenvalue weighted by Crippen LogP contribution is 2.42. The molecule has 2 heterocycles. The molecule has 1 unspecified atom stereocenters. The summed E-state index contributed by atoms with van der Waals surface area (Å²) < 4.78 is 57.8. The number of anilines is 2. The molecule has 1 aliphatic carbocycles. The van der Waals surface area contributed by atoms with Gasteiger partial charge in [-0.15, -0.1) is 5.53 Å². The normalized spacial score (nSPS) is 16.9. The molecule has 1 fully saturated rings. The van der Waals surface area contributed by atoms with Crippen molar-refractivity contribution in [1.29, 1.82) is 5.26 Å². The first-order chi connectivity index (χ1) is 21.1. The minimum Gasteiger partial charge on any atom is -0.378 e. The van der Waals surface area contributed by atoms with Gasteiger partial charge in [-0.3, -0.25) is 9.99 Å². The molecule has 224 valence electrons. The van der Waals surface area contributed by atoms with Crippen molar-refractivity contribution in [2.24, 2.45) is 0 Å². The number of nitrogens with one attached hydrogen (secondary N) is 4. The van der Waals surface area contributed by atoms with Gasteiger partial charge in [0, 0.05) is 29.5 Å². The van der Waals surface area contributed by atoms with E-state index in [-0.39, 0.29) is 33.9 Å². The van der Waals surface area contributed by atoms with E-state index in [9.17, 15) is 22.8 Å². The number of nitriles is 1. The summed E-state index contributed by atoms with van der Waals surface area (Å²) >= 11 is 0. The lowest BCUT2D eigenvalue weighted by molar-refractivity contribution is -0.136. The first-order valence-corrected chi connectivity index (χ1v) is 14.4. The summed E-state index contributed by atoms with van der Waals surface area (Å²) in [5.74, 6) is -0.429. The number of fused-ring (bicyclic) bond motifs is 1. The Bertz CT molecular complexity index is 1750. The van der Waals surface area contributed by atoms with Crippen LogP contribution >= 0.6 is 0 Å². The first kappa shape index (κ1) is 29.3. The number of aromatic nitrogens is 1. The molecule has 6 rings (SSSR count). The van der Waals surface area contributed by atoms with Crippen molar-refractivity contribution in [1.82, 2.24) is 21.0 Å². The van der Waals surface area contributed by atoms with E-state index < -0.39 is 23.0 Å². The Balaban J connectivity index is 1.51. The molecule has 0 amide bonds. The molecule has 12 heteroatoms. The van der Waals surface area contributed by atoms with Gasteiger partial charge in [-0.2, -0.15) is 18.4 Å². The van der Waals surface area contributed by atoms with Gasteiger partial charge in [-0.1, -0.05) is 49.4 Å². The summed E-state index contributed by atoms with van der Waals surface area (Å²) in [6.45, 7) is 1.96. The number of pyridine rings is 1. The van der Waals surface area contributed by atoms with Crippen LogP contribution in [0.2, 0.25) is 0 Å². The van der Waals surface area contributed by atoms with E-state index in [1.54, 1.807) is 18.2 Å². The molecular formula is C32H30BF4N7. The number of rotatable bonds is 9. The average Bonchev–Trinajstić information content (AvgIpc) is 3.75. The second-order valence-electron chi connectivity index (χ2n) is 11.3. The van der Waals surface area contributed by atoms with Crippen molar-refractivity contribution >= 4 is 30.1 Å². The number of alkyl halides is 3. The van der Waals surface area contributed by atoms with Crippen molar-refractivity contribution in [2.75, 3.05) is 10.6 Å². The Labute approximate surface area is 253 Å². The minimum absolute atomic E-state index is 0.128. The van der Waals surface area contributed by atoms with E-state index in [0.29, 0.717) is 23.7 Å². The molecule has 0 bridgehead atoms. The van der Waals surface area contributed by atoms with E-state index in [4.69, 9.17) is 0 Å². The van der Waals surface area contributed by atoms with E-state index in [2.05, 4.69) is 32.6 Å². The molecule has 2 aliphatic rings. The quantitative estimate of drug-likeness (QED) is 0.138. The van der Waals surface area contributed by atoms with Crippen LogP contribution in [0.25, 0.3) is 10.9 Å². The SMILES string of the molecule is BC(Nc1cc(C(F)(F)F)c2ncc(C#N)c(N[C@H](CC)c3ccccc3)c2c1)(C1=CN(C2CC2)NN1)c1ccc(F)cc1. The summed E-state index contributed by atoms with van der Waals surface area (Å²) in [6, 6.07) is 20.1. The molecule has 0 spiro atoms. The summed E-state index contributed by atoms with van der Waals surface area (Å²) in [5.41, 5.74) is 6.71. The minimum atomic E-state index is -4.74. The lowest BCUT2D eigenvalue weighted by Gasteiger charge is -2.34. The second-order valence-corrected chi connectivity index (χ2v) is 11.3. The molecule has 44 heavy (non-hydrogen) atoms. The lowest BCUT2D eigenvalue weighted by atomic mass is 9.69. The highest BCUT2D eigenvalue weighted by Gasteiger charge is 2.39. The number of hydrazine groups is 2. The topological polar surface area (TPSA) is 88.0 Å². The number of halogens is 4. The number of nitrogens with zero attached hydrogens (tertiary/aromatic N) is 3. The van der Waals surface area contributed by atoms with Gasteiger partial charge in [0.15, 0.2) is 0 Å². The summed E-state index contributed by atoms with van der Waals surface area (Å²) in [7, 11) is 1.82. The van der Waals surface area contributed by atoms with Crippen LogP contribution in [-0.2, 0) is 11.6 Å². The first-order valence-electron chi connectivity index (χ1n) is 14.4. The van der Waals surface area contributed by atoms with Crippen LogP contribution in [0.3, 0.4) is 0 Å². The van der Waals surface area contributed by atoms with E-state index in [0.717, 1.165) is 24.5 Å². The van der Waals surface area contributed by atoms with Crippen molar-refractivity contribution < 1.29 is 17.6 Å². The Morgan fingerprint density at radius 2 is 1.84 bits per heavy atom. The summed E-state index contributed by atoms with van der Waals surface area (Å²) in [4.78, 5) is 4.11. The zero-order valence-electron chi connectivity index (χ0n) is 24.1. The third-order valence-corrected chi connectivity index (χ3v) is 8.21. The molecule has 2 atom stereocenters. The molecule has 1 saturated carbocycles. The smallest absolute Gasteiger partial charge is 0.378 e. The molecule has 4 N–H and O–H groups in total. The zero-order valence-corrected chi connectivity index (χ0v) is 24.1. The third-order valence-electron chi connectivity index (χ3n) is 8.21. The van der Waals surface area contributed by atoms with E-state index >= 15 is 0 Å². The van der Waals surface area contributed by atoms with Gasteiger partial charge >= 0.3 is 6.18 Å². The molecule has 7 nitrogen and oxygen atoms in total. The molecule has 1 aromatic heterocycles. The number of hydrogen-bond donors (Lipinski definition) is 4. The molecular weight excluding hydrogens is 569 g/mol. The maximum atomic E-state index is 14.6. The van der Waals surface area contributed by atoms with E-state index in [1.807, 2.05) is 56.3 Å². The second kappa shape index (κ2) is 11.4. The Hall–Kier alpha value is -4.76. The van der Waals surface area contributed by atoms with Crippen LogP contribution in [0, 0.1) is 17.1 Å². The summed E-state index contributed by atoms with van der Waals surface area (Å²) in [6.07, 6.45) is 0.983. The molecule has 1 aliphatic heterocycles. The molecule has 0 saturated heterocycles. The monoisotopic (exact) mass is 599 g/mol. The molecule has 0 radical (unpaired) electrons. The zero-order chi connectivity index (χ0) is 31.1. The van der Waals surface area contributed by atoms with Crippen LogP contribution in [0.4, 0.5) is 28.9 Å². The Morgan fingerprint density at radius 3 is 2.48 bits per heavy atom. The summed E-state index contributed by atoms with van der Waals surface area (Å²) in [5, 5.41) is 18.7. The third kappa shape index (κ3) is 5.63. The van der Waals surface area contributed by atoms with Gasteiger partial charge in [0.1, 0.15) is 19.7 Å². The van der Waals surface area contributed by atoms with Crippen LogP contribution in [0.15, 0.2) is 84.8 Å². The van der Waals surface area contributed by atoms with Crippen molar-refractivity contribution in [3.8, 4) is 6.07 Å². The molecule has 4 aromatic rings. The predicted molar refractivity (Wildman–Crippen MR) is 164 cm³/mol. The van der Waals surface area contributed by atoms with Crippen molar-refractivity contribution in [3.63, 3.8) is 0 Å². The van der Waals surface area contributed by atoms with Gasteiger partial charge < -0.3 is 16.1 Å². The van der Waals surface area contributed by atoms with Gasteiger partial charge in [0.25, 0.3) is 0 Å². The van der Waals surface area contributed by atoms with Crippen LogP contribution < -0.4 is 21.6 Å². The number of hydrogen-bond acceptors (Lipinski definition) is 7. The van der Waals surface area contributed by atoms with Gasteiger partial charge in [0.05, 0.1) is 39.5 Å². The van der Waals surface area contributed by atoms with Crippen LogP contribution in [0.5, 0.6) is 0 Å². The molecule has 3 aromatic carbocycles.